The van der Waals surface area contributed by atoms with Crippen LogP contribution in [0.3, 0.4) is 0 Å². The van der Waals surface area contributed by atoms with E-state index in [1.807, 2.05) is 19.1 Å². The maximum atomic E-state index is 14.0. The highest BCUT2D eigenvalue weighted by Crippen LogP contribution is 2.69. The van der Waals surface area contributed by atoms with Crippen LogP contribution in [-0.4, -0.2) is 30.1 Å². The van der Waals surface area contributed by atoms with Crippen LogP contribution in [0.5, 0.6) is 11.5 Å². The van der Waals surface area contributed by atoms with Crippen LogP contribution in [0.4, 0.5) is 0 Å². The largest absolute Gasteiger partial charge is 0.493 e. The van der Waals surface area contributed by atoms with Gasteiger partial charge in [0.25, 0.3) is 0 Å². The second kappa shape index (κ2) is 10.4. The Balaban J connectivity index is 1.95. The summed E-state index contributed by atoms with van der Waals surface area (Å²) in [5.74, 6) is 1.50. The van der Waals surface area contributed by atoms with Crippen LogP contribution >= 0.6 is 6.04 Å². The molecule has 0 saturated carbocycles. The van der Waals surface area contributed by atoms with Crippen molar-refractivity contribution in [2.75, 3.05) is 13.2 Å². The van der Waals surface area contributed by atoms with E-state index in [4.69, 9.17) is 21.3 Å². The maximum absolute atomic E-state index is 14.0. The summed E-state index contributed by atoms with van der Waals surface area (Å²) in [6.45, 7) is 7.65. The van der Waals surface area contributed by atoms with Gasteiger partial charge in [-0.15, -0.1) is 0 Å². The lowest BCUT2D eigenvalue weighted by molar-refractivity contribution is 0.107. The average molecular weight is 437 g/mol. The first-order chi connectivity index (χ1) is 14.0. The Kier molecular flexibility index (Phi) is 8.22. The van der Waals surface area contributed by atoms with Crippen LogP contribution in [0.15, 0.2) is 12.1 Å². The Morgan fingerprint density at radius 2 is 1.59 bits per heavy atom. The summed E-state index contributed by atoms with van der Waals surface area (Å²) in [5, 5.41) is 0. The Bertz CT molecular complexity index is 743. The number of aryl methyl sites for hydroxylation is 1. The number of hydrogen-bond acceptors (Lipinski definition) is 4. The number of ether oxygens (including phenoxy) is 2. The van der Waals surface area contributed by atoms with Crippen molar-refractivity contribution >= 4 is 23.4 Å². The molecule has 2 atom stereocenters. The lowest BCUT2D eigenvalue weighted by Gasteiger charge is -2.28. The molecule has 0 N–H and O–H groups in total. The minimum Gasteiger partial charge on any atom is -0.493 e. The minimum atomic E-state index is -2.10. The zero-order valence-corrected chi connectivity index (χ0v) is 20.1. The highest BCUT2D eigenvalue weighted by Gasteiger charge is 2.48. The van der Waals surface area contributed by atoms with Crippen molar-refractivity contribution in [1.29, 1.82) is 0 Å². The van der Waals surface area contributed by atoms with Crippen molar-refractivity contribution in [3.05, 3.63) is 23.3 Å². The number of hydrogen-bond donors (Lipinski definition) is 0. The van der Waals surface area contributed by atoms with Gasteiger partial charge in [0.2, 0.25) is 0 Å². The third-order valence-electron chi connectivity index (χ3n) is 6.57. The van der Waals surface area contributed by atoms with Gasteiger partial charge in [0.15, 0.2) is 5.52 Å². The molecule has 0 aliphatic carbocycles. The summed E-state index contributed by atoms with van der Waals surface area (Å²) in [7, 11) is 0. The van der Waals surface area contributed by atoms with Crippen molar-refractivity contribution in [1.82, 2.24) is 0 Å². The highest BCUT2D eigenvalue weighted by atomic mass is 32.4. The van der Waals surface area contributed by atoms with Crippen molar-refractivity contribution in [3.8, 4) is 11.5 Å². The van der Waals surface area contributed by atoms with E-state index in [2.05, 4.69) is 13.8 Å². The zero-order valence-electron chi connectivity index (χ0n) is 18.4. The van der Waals surface area contributed by atoms with E-state index < -0.39 is 6.04 Å². The molecule has 2 bridgehead atoms. The molecule has 2 heterocycles. The van der Waals surface area contributed by atoms with Gasteiger partial charge < -0.3 is 9.47 Å². The maximum Gasteiger partial charge on any atom is 0.198 e. The smallest absolute Gasteiger partial charge is 0.198 e. The quantitative estimate of drug-likeness (QED) is 0.290. The zero-order chi connectivity index (χ0) is 20.9. The topological polar surface area (TPSA) is 35.5 Å². The highest BCUT2D eigenvalue weighted by molar-refractivity contribution is 8.23. The molecule has 0 aromatic heterocycles. The molecule has 0 amide bonds. The molecule has 3 rings (SSSR count). The van der Waals surface area contributed by atoms with Crippen LogP contribution in [0.1, 0.15) is 94.0 Å². The predicted molar refractivity (Wildman–Crippen MR) is 126 cm³/mol. The van der Waals surface area contributed by atoms with Gasteiger partial charge in [-0.1, -0.05) is 51.3 Å². The number of fused-ring (bicyclic) bond motifs is 2. The molecule has 2 fully saturated rings. The Morgan fingerprint density at radius 1 is 1.00 bits per heavy atom. The fourth-order valence-electron chi connectivity index (χ4n) is 4.86. The number of unbranched alkanes of at least 4 members (excludes halogenated alkanes) is 2. The summed E-state index contributed by atoms with van der Waals surface area (Å²) in [5.41, 5.74) is 2.85. The second-order valence-corrected chi connectivity index (χ2v) is 13.8. The minimum absolute atomic E-state index is 0.242. The van der Waals surface area contributed by atoms with E-state index in [-0.39, 0.29) is 5.52 Å². The second-order valence-electron chi connectivity index (χ2n) is 8.70. The molecule has 0 radical (unpaired) electrons. The molecule has 3 nitrogen and oxygen atoms in total. The van der Waals surface area contributed by atoms with Gasteiger partial charge in [-0.3, -0.25) is 4.79 Å². The van der Waals surface area contributed by atoms with Crippen LogP contribution < -0.4 is 9.47 Å². The molecular formula is C24H37O3PS. The van der Waals surface area contributed by atoms with Crippen molar-refractivity contribution in [2.24, 2.45) is 0 Å². The van der Waals surface area contributed by atoms with Gasteiger partial charge in [0.05, 0.1) is 18.8 Å². The fourth-order valence-corrected chi connectivity index (χ4v) is 10.5. The molecule has 2 saturated heterocycles. The van der Waals surface area contributed by atoms with E-state index in [0.29, 0.717) is 30.3 Å². The molecule has 2 aliphatic rings. The molecule has 29 heavy (non-hydrogen) atoms. The first kappa shape index (κ1) is 22.8. The lowest BCUT2D eigenvalue weighted by Crippen LogP contribution is -2.17. The summed E-state index contributed by atoms with van der Waals surface area (Å²) >= 11 is 6.30. The van der Waals surface area contributed by atoms with Crippen molar-refractivity contribution in [2.45, 2.75) is 96.3 Å². The standard InChI is InChI=1S/C24H37O3PS/c1-4-6-14-26-19-16-18(3)23(22(17-19)27-15-7-5-2)24(25)28(29)20-10-8-9-11-21(28)13-12-20/h16-17,20-21H,4-15H2,1-3H3. The van der Waals surface area contributed by atoms with E-state index in [1.165, 1.54) is 12.8 Å². The van der Waals surface area contributed by atoms with Gasteiger partial charge in [-0.05, 0) is 68.4 Å². The molecule has 1 aromatic carbocycles. The van der Waals surface area contributed by atoms with Gasteiger partial charge in [-0.2, -0.15) is 0 Å². The summed E-state index contributed by atoms with van der Waals surface area (Å²) < 4.78 is 12.1. The predicted octanol–water partition coefficient (Wildman–Crippen LogP) is 7.08. The fraction of sp³-hybridized carbons (Fsp3) is 0.708. The summed E-state index contributed by atoms with van der Waals surface area (Å²) in [4.78, 5) is 14.0. The molecule has 2 aliphatic heterocycles. The van der Waals surface area contributed by atoms with E-state index in [0.717, 1.165) is 68.2 Å². The van der Waals surface area contributed by atoms with Gasteiger partial charge in [0, 0.05) is 12.1 Å². The molecule has 162 valence electrons. The lowest BCUT2D eigenvalue weighted by atomic mass is 10.0. The average Bonchev–Trinajstić information content (AvgIpc) is 2.89. The molecule has 2 unspecified atom stereocenters. The normalized spacial score (nSPS) is 26.2. The third kappa shape index (κ3) is 4.90. The van der Waals surface area contributed by atoms with Crippen molar-refractivity contribution < 1.29 is 14.3 Å². The SMILES string of the molecule is CCCCOc1cc(C)c(C(=O)P2(=S)C3CCCCC2CC3)c(OCCCC)c1. The van der Waals surface area contributed by atoms with Crippen LogP contribution in [0, 0.1) is 6.92 Å². The van der Waals surface area contributed by atoms with E-state index in [9.17, 15) is 4.79 Å². The number of carbonyl (C=O) groups excluding carboxylic acids is 1. The summed E-state index contributed by atoms with van der Waals surface area (Å²) in [6, 6.07) is 1.85. The van der Waals surface area contributed by atoms with Crippen LogP contribution in [0.2, 0.25) is 0 Å². The molecule has 0 spiro atoms. The number of rotatable bonds is 10. The first-order valence-electron chi connectivity index (χ1n) is 11.6. The van der Waals surface area contributed by atoms with Gasteiger partial charge >= 0.3 is 0 Å². The Morgan fingerprint density at radius 3 is 2.17 bits per heavy atom. The van der Waals surface area contributed by atoms with E-state index >= 15 is 0 Å². The van der Waals surface area contributed by atoms with Gasteiger partial charge in [0.1, 0.15) is 11.5 Å². The monoisotopic (exact) mass is 436 g/mol. The molecule has 1 aromatic rings. The first-order valence-corrected chi connectivity index (χ1v) is 14.5. The summed E-state index contributed by atoms with van der Waals surface area (Å²) in [6.07, 6.45) is 11.2. The Hall–Kier alpha value is -0.860. The van der Waals surface area contributed by atoms with E-state index in [1.54, 1.807) is 0 Å². The number of carbonyl (C=O) groups is 1. The van der Waals surface area contributed by atoms with Gasteiger partial charge in [-0.25, -0.2) is 0 Å². The molecule has 5 heteroatoms. The van der Waals surface area contributed by atoms with Crippen LogP contribution in [0.25, 0.3) is 0 Å². The Labute approximate surface area is 181 Å². The number of benzene rings is 1. The van der Waals surface area contributed by atoms with Crippen LogP contribution in [-0.2, 0) is 11.8 Å². The third-order valence-corrected chi connectivity index (χ3v) is 12.9. The molecular weight excluding hydrogens is 399 g/mol. The van der Waals surface area contributed by atoms with Crippen molar-refractivity contribution in [3.63, 3.8) is 0 Å².